The Morgan fingerprint density at radius 2 is 1.19 bits per heavy atom. The zero-order valence-corrected chi connectivity index (χ0v) is 10.2. The Labute approximate surface area is 95.5 Å². The molecular formula is C10H20N2O4-2. The number of hydrogen-bond donors (Lipinski definition) is 2. The van der Waals surface area contributed by atoms with Crippen LogP contribution in [0.4, 0.5) is 0 Å². The van der Waals surface area contributed by atoms with E-state index in [1.807, 2.05) is 13.8 Å². The first-order valence-electron chi connectivity index (χ1n) is 5.47. The van der Waals surface area contributed by atoms with E-state index in [9.17, 15) is 20.8 Å². The standard InChI is InChI=1S/C10H20N2O4/c1-7-5-9(3,11(13)14)10(4,12(15)16)6-8(7)2/h7-8,13,15H,5-6H2,1-4H3/q-2. The summed E-state index contributed by atoms with van der Waals surface area (Å²) in [4.78, 5) is 0. The molecule has 0 aromatic heterocycles. The molecule has 4 atom stereocenters. The van der Waals surface area contributed by atoms with Crippen LogP contribution in [0.1, 0.15) is 40.5 Å². The Hall–Kier alpha value is -0.240. The van der Waals surface area contributed by atoms with Gasteiger partial charge in [0.25, 0.3) is 0 Å². The second kappa shape index (κ2) is 4.21. The summed E-state index contributed by atoms with van der Waals surface area (Å²) in [6, 6.07) is 0. The molecule has 16 heavy (non-hydrogen) atoms. The zero-order valence-electron chi connectivity index (χ0n) is 10.2. The lowest BCUT2D eigenvalue weighted by atomic mass is 9.62. The van der Waals surface area contributed by atoms with E-state index in [0.717, 1.165) is 0 Å². The summed E-state index contributed by atoms with van der Waals surface area (Å²) in [6.07, 6.45) is 0.730. The van der Waals surface area contributed by atoms with E-state index < -0.39 is 11.1 Å². The van der Waals surface area contributed by atoms with Gasteiger partial charge in [-0.05, 0) is 38.5 Å². The normalized spacial score (nSPS) is 45.4. The molecule has 1 saturated carbocycles. The smallest absolute Gasteiger partial charge is 0.0494 e. The Kier molecular flexibility index (Phi) is 3.64. The molecule has 1 fully saturated rings. The molecule has 96 valence electrons. The first kappa shape index (κ1) is 13.8. The minimum atomic E-state index is -1.30. The number of hydrogen-bond acceptors (Lipinski definition) is 6. The van der Waals surface area contributed by atoms with Crippen LogP contribution in [0.3, 0.4) is 0 Å². The van der Waals surface area contributed by atoms with Crippen molar-refractivity contribution in [3.05, 3.63) is 10.4 Å². The zero-order chi connectivity index (χ0) is 12.7. The van der Waals surface area contributed by atoms with E-state index in [2.05, 4.69) is 0 Å². The predicted octanol–water partition coefficient (Wildman–Crippen LogP) is 1.95. The van der Waals surface area contributed by atoms with Gasteiger partial charge in [0.1, 0.15) is 0 Å². The van der Waals surface area contributed by atoms with Crippen molar-refractivity contribution < 1.29 is 10.4 Å². The van der Waals surface area contributed by atoms with Crippen LogP contribution in [0.5, 0.6) is 0 Å². The van der Waals surface area contributed by atoms with Crippen LogP contribution in [-0.4, -0.2) is 31.9 Å². The quantitative estimate of drug-likeness (QED) is 0.707. The summed E-state index contributed by atoms with van der Waals surface area (Å²) in [7, 11) is 0. The summed E-state index contributed by atoms with van der Waals surface area (Å²) in [5.74, 6) is 0.420. The van der Waals surface area contributed by atoms with Gasteiger partial charge in [0.05, 0.1) is 0 Å². The maximum Gasteiger partial charge on any atom is 0.0494 e. The summed E-state index contributed by atoms with van der Waals surface area (Å²) >= 11 is 0. The molecule has 0 heterocycles. The maximum atomic E-state index is 11.3. The third-order valence-electron chi connectivity index (χ3n) is 4.41. The van der Waals surface area contributed by atoms with Crippen LogP contribution in [0.25, 0.3) is 0 Å². The van der Waals surface area contributed by atoms with Gasteiger partial charge in [0.15, 0.2) is 0 Å². The molecule has 0 spiro atoms. The van der Waals surface area contributed by atoms with Crippen molar-refractivity contribution in [1.29, 1.82) is 0 Å². The highest BCUT2D eigenvalue weighted by Crippen LogP contribution is 2.47. The average Bonchev–Trinajstić information content (AvgIpc) is 2.14. The van der Waals surface area contributed by atoms with Crippen LogP contribution in [0.15, 0.2) is 0 Å². The third kappa shape index (κ3) is 1.85. The summed E-state index contributed by atoms with van der Waals surface area (Å²) in [5.41, 5.74) is -2.59. The molecule has 0 aliphatic heterocycles. The first-order chi connectivity index (χ1) is 7.15. The monoisotopic (exact) mass is 232 g/mol. The van der Waals surface area contributed by atoms with Gasteiger partial charge in [-0.3, -0.25) is 10.5 Å². The van der Waals surface area contributed by atoms with Gasteiger partial charge in [-0.15, -0.1) is 0 Å². The topological polar surface area (TPSA) is 93.1 Å². The lowest BCUT2D eigenvalue weighted by molar-refractivity contribution is -0.253. The highest BCUT2D eigenvalue weighted by molar-refractivity contribution is 5.09. The molecule has 0 aromatic rings. The molecule has 0 saturated heterocycles. The van der Waals surface area contributed by atoms with Crippen molar-refractivity contribution in [2.75, 3.05) is 0 Å². The summed E-state index contributed by atoms with van der Waals surface area (Å²) < 4.78 is 0. The van der Waals surface area contributed by atoms with Crippen LogP contribution in [0.2, 0.25) is 0 Å². The summed E-state index contributed by atoms with van der Waals surface area (Å²) in [5, 5.41) is 40.7. The molecule has 6 nitrogen and oxygen atoms in total. The van der Waals surface area contributed by atoms with Gasteiger partial charge in [-0.25, -0.2) is 0 Å². The van der Waals surface area contributed by atoms with Gasteiger partial charge in [-0.2, -0.15) is 0 Å². The van der Waals surface area contributed by atoms with Crippen LogP contribution >= 0.6 is 0 Å². The fourth-order valence-corrected chi connectivity index (χ4v) is 2.66. The SMILES string of the molecule is CC1CC(C)(N([O-])O)C(C)(N([O-])O)CC1C. The first-order valence-corrected chi connectivity index (χ1v) is 5.47. The van der Waals surface area contributed by atoms with Gasteiger partial charge >= 0.3 is 0 Å². The van der Waals surface area contributed by atoms with E-state index in [1.54, 1.807) is 0 Å². The van der Waals surface area contributed by atoms with Gasteiger partial charge in [-0.1, -0.05) is 13.8 Å². The van der Waals surface area contributed by atoms with Crippen molar-refractivity contribution >= 4 is 0 Å². The molecule has 4 unspecified atom stereocenters. The number of hydroxylamine groups is 4. The second-order valence-electron chi connectivity index (χ2n) is 5.46. The minimum absolute atomic E-state index is 0.184. The molecule has 6 heteroatoms. The van der Waals surface area contributed by atoms with Crippen molar-refractivity contribution in [2.24, 2.45) is 11.8 Å². The van der Waals surface area contributed by atoms with E-state index >= 15 is 0 Å². The predicted molar refractivity (Wildman–Crippen MR) is 58.4 cm³/mol. The average molecular weight is 232 g/mol. The third-order valence-corrected chi connectivity index (χ3v) is 4.41. The molecule has 1 aliphatic rings. The van der Waals surface area contributed by atoms with E-state index in [0.29, 0.717) is 12.8 Å². The van der Waals surface area contributed by atoms with E-state index in [4.69, 9.17) is 0 Å². The molecule has 0 aromatic carbocycles. The minimum Gasteiger partial charge on any atom is -0.762 e. The fourth-order valence-electron chi connectivity index (χ4n) is 2.66. The largest absolute Gasteiger partial charge is 0.762 e. The van der Waals surface area contributed by atoms with Gasteiger partial charge < -0.3 is 20.8 Å². The van der Waals surface area contributed by atoms with Crippen LogP contribution in [-0.2, 0) is 0 Å². The molecule has 0 bridgehead atoms. The van der Waals surface area contributed by atoms with Crippen molar-refractivity contribution in [2.45, 2.75) is 51.6 Å². The Morgan fingerprint density at radius 1 is 0.938 bits per heavy atom. The second-order valence-corrected chi connectivity index (χ2v) is 5.46. The Balaban J connectivity index is 3.11. The highest BCUT2D eigenvalue weighted by atomic mass is 16.8. The van der Waals surface area contributed by atoms with E-state index in [1.165, 1.54) is 13.8 Å². The Bertz CT molecular complexity index is 235. The maximum absolute atomic E-state index is 11.3. The molecule has 2 N–H and O–H groups in total. The highest BCUT2D eigenvalue weighted by Gasteiger charge is 2.52. The molecule has 1 rings (SSSR count). The molecule has 0 radical (unpaired) electrons. The Morgan fingerprint density at radius 3 is 1.38 bits per heavy atom. The van der Waals surface area contributed by atoms with Crippen LogP contribution < -0.4 is 0 Å². The van der Waals surface area contributed by atoms with Gasteiger partial charge in [0.2, 0.25) is 0 Å². The fraction of sp³-hybridized carbons (Fsp3) is 1.00. The molecule has 1 aliphatic carbocycles. The molecular weight excluding hydrogens is 212 g/mol. The lowest BCUT2D eigenvalue weighted by Gasteiger charge is -2.62. The van der Waals surface area contributed by atoms with Crippen molar-refractivity contribution in [3.8, 4) is 0 Å². The van der Waals surface area contributed by atoms with Crippen LogP contribution in [0, 0.1) is 22.3 Å². The molecule has 0 amide bonds. The van der Waals surface area contributed by atoms with Gasteiger partial charge in [0, 0.05) is 11.1 Å². The van der Waals surface area contributed by atoms with Crippen molar-refractivity contribution in [3.63, 3.8) is 0 Å². The lowest BCUT2D eigenvalue weighted by Crippen LogP contribution is -2.68. The summed E-state index contributed by atoms with van der Waals surface area (Å²) in [6.45, 7) is 6.95. The number of nitrogens with zero attached hydrogens (tertiary/aromatic N) is 2. The van der Waals surface area contributed by atoms with E-state index in [-0.39, 0.29) is 22.3 Å². The van der Waals surface area contributed by atoms with Crippen molar-refractivity contribution in [1.82, 2.24) is 10.5 Å². The number of rotatable bonds is 2.